The van der Waals surface area contributed by atoms with Crippen LogP contribution in [-0.2, 0) is 19.1 Å². The molecule has 4 rings (SSSR count). The van der Waals surface area contributed by atoms with E-state index in [-0.39, 0.29) is 40.3 Å². The summed E-state index contributed by atoms with van der Waals surface area (Å²) in [5.41, 5.74) is 0.112. The lowest BCUT2D eigenvalue weighted by molar-refractivity contribution is -0.176. The molecule has 4 aliphatic rings. The highest BCUT2D eigenvalue weighted by atomic mass is 16.6. The quantitative estimate of drug-likeness (QED) is 0.518. The summed E-state index contributed by atoms with van der Waals surface area (Å²) >= 11 is 0. The fourth-order valence-electron chi connectivity index (χ4n) is 7.57. The van der Waals surface area contributed by atoms with Gasteiger partial charge in [0.15, 0.2) is 0 Å². The highest BCUT2D eigenvalue weighted by Gasteiger charge is 2.62. The highest BCUT2D eigenvalue weighted by molar-refractivity contribution is 5.91. The van der Waals surface area contributed by atoms with Crippen molar-refractivity contribution in [1.29, 1.82) is 0 Å². The van der Waals surface area contributed by atoms with Crippen LogP contribution in [0.1, 0.15) is 86.5 Å². The van der Waals surface area contributed by atoms with Crippen molar-refractivity contribution in [3.8, 4) is 0 Å². The van der Waals surface area contributed by atoms with Crippen molar-refractivity contribution in [2.45, 2.75) is 98.7 Å². The third-order valence-electron chi connectivity index (χ3n) is 9.06. The van der Waals surface area contributed by atoms with Gasteiger partial charge in [-0.15, -0.1) is 0 Å². The average Bonchev–Trinajstić information content (AvgIpc) is 3.22. The van der Waals surface area contributed by atoms with Gasteiger partial charge in [0.05, 0.1) is 0 Å². The average molecular weight is 377 g/mol. The van der Waals surface area contributed by atoms with Crippen LogP contribution < -0.4 is 0 Å². The molecule has 0 N–H and O–H groups in total. The minimum Gasteiger partial charge on any atom is -0.461 e. The lowest BCUT2D eigenvalue weighted by atomic mass is 9.70. The van der Waals surface area contributed by atoms with Crippen LogP contribution in [0.4, 0.5) is 0 Å². The Labute approximate surface area is 163 Å². The molecule has 4 fully saturated rings. The second kappa shape index (κ2) is 5.73. The normalized spacial score (nSPS) is 45.9. The molecule has 4 bridgehead atoms. The maximum atomic E-state index is 12.6. The largest absolute Gasteiger partial charge is 0.461 e. The Morgan fingerprint density at radius 1 is 0.741 bits per heavy atom. The number of rotatable bonds is 4. The van der Waals surface area contributed by atoms with E-state index in [1.54, 1.807) is 0 Å². The van der Waals surface area contributed by atoms with Crippen molar-refractivity contribution < 1.29 is 19.1 Å². The SMILES string of the molecule is CC12CCC(C1)C(C)(C)[C@@H]2OC(=O)CC(=O)O[C@@H]1C2(C)CCC(C2)C1(C)C. The van der Waals surface area contributed by atoms with E-state index < -0.39 is 11.9 Å². The summed E-state index contributed by atoms with van der Waals surface area (Å²) in [5, 5.41) is 0. The van der Waals surface area contributed by atoms with Gasteiger partial charge in [-0.1, -0.05) is 41.5 Å². The van der Waals surface area contributed by atoms with E-state index in [1.807, 2.05) is 0 Å². The maximum absolute atomic E-state index is 12.6. The fourth-order valence-corrected chi connectivity index (χ4v) is 7.57. The van der Waals surface area contributed by atoms with Gasteiger partial charge in [-0.25, -0.2) is 0 Å². The second-order valence-electron chi connectivity index (χ2n) is 11.7. The Bertz CT molecular complexity index is 600. The molecule has 6 atom stereocenters. The predicted octanol–water partition coefficient (Wildman–Crippen LogP) is 4.89. The Morgan fingerprint density at radius 2 is 1.11 bits per heavy atom. The standard InChI is InChI=1S/C23H36O4/c1-20(2)14-7-9-22(5,12-14)18(20)26-16(24)11-17(25)27-19-21(3,4)15-8-10-23(19,6)13-15/h14-15,18-19H,7-13H2,1-6H3/t14?,15?,18-,19-,22?,23?/m0/s1. The molecule has 0 amide bonds. The summed E-state index contributed by atoms with van der Waals surface area (Å²) < 4.78 is 11.8. The van der Waals surface area contributed by atoms with E-state index in [0.29, 0.717) is 11.8 Å². The highest BCUT2D eigenvalue weighted by Crippen LogP contribution is 2.64. The zero-order valence-electron chi connectivity index (χ0n) is 17.9. The Balaban J connectivity index is 1.37. The van der Waals surface area contributed by atoms with Gasteiger partial charge in [-0.3, -0.25) is 9.59 Å². The first-order valence-corrected chi connectivity index (χ1v) is 10.8. The molecule has 0 spiro atoms. The van der Waals surface area contributed by atoms with E-state index in [0.717, 1.165) is 25.7 Å². The van der Waals surface area contributed by atoms with E-state index in [9.17, 15) is 9.59 Å². The molecular weight excluding hydrogens is 340 g/mol. The number of carbonyl (C=O) groups excluding carboxylic acids is 2. The molecule has 0 heterocycles. The Morgan fingerprint density at radius 3 is 1.41 bits per heavy atom. The maximum Gasteiger partial charge on any atom is 0.317 e. The molecule has 0 aromatic carbocycles. The van der Waals surface area contributed by atoms with Gasteiger partial charge in [0.2, 0.25) is 0 Å². The van der Waals surface area contributed by atoms with Gasteiger partial charge in [0, 0.05) is 21.7 Å². The van der Waals surface area contributed by atoms with E-state index >= 15 is 0 Å². The molecule has 4 unspecified atom stereocenters. The molecule has 4 aliphatic carbocycles. The number of fused-ring (bicyclic) bond motifs is 4. The fraction of sp³-hybridized carbons (Fsp3) is 0.913. The smallest absolute Gasteiger partial charge is 0.317 e. The number of ether oxygens (including phenoxy) is 2. The summed E-state index contributed by atoms with van der Waals surface area (Å²) in [6.45, 7) is 13.3. The number of carbonyl (C=O) groups is 2. The molecule has 0 aromatic heterocycles. The van der Waals surface area contributed by atoms with Crippen LogP contribution in [0.25, 0.3) is 0 Å². The lowest BCUT2D eigenvalue weighted by Crippen LogP contribution is -2.45. The molecule has 0 aromatic rings. The van der Waals surface area contributed by atoms with Crippen LogP contribution in [0.5, 0.6) is 0 Å². The van der Waals surface area contributed by atoms with Crippen LogP contribution in [0.15, 0.2) is 0 Å². The predicted molar refractivity (Wildman–Crippen MR) is 103 cm³/mol. The number of hydrogen-bond donors (Lipinski definition) is 0. The lowest BCUT2D eigenvalue weighted by Gasteiger charge is -2.42. The topological polar surface area (TPSA) is 52.6 Å². The Hall–Kier alpha value is -1.06. The molecule has 4 saturated carbocycles. The third-order valence-corrected chi connectivity index (χ3v) is 9.06. The van der Waals surface area contributed by atoms with E-state index in [1.165, 1.54) is 12.8 Å². The molecule has 27 heavy (non-hydrogen) atoms. The van der Waals surface area contributed by atoms with Crippen LogP contribution >= 0.6 is 0 Å². The van der Waals surface area contributed by atoms with Crippen molar-refractivity contribution in [1.82, 2.24) is 0 Å². The zero-order valence-corrected chi connectivity index (χ0v) is 17.9. The van der Waals surface area contributed by atoms with Crippen molar-refractivity contribution in [3.05, 3.63) is 0 Å². The number of hydrogen-bond acceptors (Lipinski definition) is 4. The van der Waals surface area contributed by atoms with Gasteiger partial charge < -0.3 is 9.47 Å². The van der Waals surface area contributed by atoms with Crippen LogP contribution in [0.3, 0.4) is 0 Å². The zero-order chi connectivity index (χ0) is 19.8. The minimum absolute atomic E-state index is 0.00730. The summed E-state index contributed by atoms with van der Waals surface area (Å²) in [6, 6.07) is 0. The van der Waals surface area contributed by atoms with Crippen LogP contribution in [0, 0.1) is 33.5 Å². The van der Waals surface area contributed by atoms with Crippen LogP contribution in [0.2, 0.25) is 0 Å². The van der Waals surface area contributed by atoms with Gasteiger partial charge in [-0.2, -0.15) is 0 Å². The van der Waals surface area contributed by atoms with Gasteiger partial charge in [-0.05, 0) is 50.4 Å². The van der Waals surface area contributed by atoms with Crippen molar-refractivity contribution in [3.63, 3.8) is 0 Å². The molecule has 4 nitrogen and oxygen atoms in total. The van der Waals surface area contributed by atoms with E-state index in [2.05, 4.69) is 41.5 Å². The number of esters is 2. The van der Waals surface area contributed by atoms with Crippen molar-refractivity contribution in [2.75, 3.05) is 0 Å². The molecule has 0 radical (unpaired) electrons. The van der Waals surface area contributed by atoms with E-state index in [4.69, 9.17) is 9.47 Å². The first kappa shape index (κ1) is 19.3. The van der Waals surface area contributed by atoms with Crippen molar-refractivity contribution in [2.24, 2.45) is 33.5 Å². The molecule has 152 valence electrons. The van der Waals surface area contributed by atoms with Crippen LogP contribution in [-0.4, -0.2) is 24.1 Å². The first-order chi connectivity index (χ1) is 12.4. The molecular formula is C23H36O4. The molecule has 4 heteroatoms. The van der Waals surface area contributed by atoms with Gasteiger partial charge >= 0.3 is 11.9 Å². The van der Waals surface area contributed by atoms with Gasteiger partial charge in [0.25, 0.3) is 0 Å². The third kappa shape index (κ3) is 2.76. The summed E-state index contributed by atoms with van der Waals surface area (Å²) in [4.78, 5) is 25.1. The summed E-state index contributed by atoms with van der Waals surface area (Å²) in [6.07, 6.45) is 6.45. The van der Waals surface area contributed by atoms with Gasteiger partial charge in [0.1, 0.15) is 18.6 Å². The minimum atomic E-state index is -0.419. The first-order valence-electron chi connectivity index (χ1n) is 10.8. The Kier molecular flexibility index (Phi) is 4.09. The monoisotopic (exact) mass is 376 g/mol. The molecule has 0 aliphatic heterocycles. The summed E-state index contributed by atoms with van der Waals surface area (Å²) in [7, 11) is 0. The van der Waals surface area contributed by atoms with Crippen molar-refractivity contribution >= 4 is 11.9 Å². The second-order valence-corrected chi connectivity index (χ2v) is 11.7. The molecule has 0 saturated heterocycles. The summed E-state index contributed by atoms with van der Waals surface area (Å²) in [5.74, 6) is 0.389.